The number of halogens is 1. The van der Waals surface area contributed by atoms with E-state index in [1.807, 2.05) is 6.07 Å². The van der Waals surface area contributed by atoms with Gasteiger partial charge < -0.3 is 14.8 Å². The zero-order valence-corrected chi connectivity index (χ0v) is 11.9. The van der Waals surface area contributed by atoms with E-state index in [4.69, 9.17) is 9.47 Å². The molecule has 3 nitrogen and oxygen atoms in total. The predicted octanol–water partition coefficient (Wildman–Crippen LogP) is 3.56. The van der Waals surface area contributed by atoms with Crippen LogP contribution in [0.1, 0.15) is 17.2 Å². The van der Waals surface area contributed by atoms with Crippen LogP contribution >= 0.6 is 0 Å². The van der Waals surface area contributed by atoms with Crippen LogP contribution in [0.25, 0.3) is 0 Å². The first-order valence-corrected chi connectivity index (χ1v) is 7.05. The van der Waals surface area contributed by atoms with Crippen molar-refractivity contribution in [3.05, 3.63) is 59.4 Å². The molecule has 2 aromatic rings. The van der Waals surface area contributed by atoms with Gasteiger partial charge in [0.2, 0.25) is 0 Å². The van der Waals surface area contributed by atoms with Gasteiger partial charge in [0, 0.05) is 18.3 Å². The molecule has 1 unspecified atom stereocenters. The summed E-state index contributed by atoms with van der Waals surface area (Å²) in [4.78, 5) is 0. The van der Waals surface area contributed by atoms with Crippen LogP contribution in [-0.4, -0.2) is 20.3 Å². The summed E-state index contributed by atoms with van der Waals surface area (Å²) in [7, 11) is 1.46. The van der Waals surface area contributed by atoms with Crippen molar-refractivity contribution in [2.75, 3.05) is 25.6 Å². The van der Waals surface area contributed by atoms with Crippen LogP contribution in [0.3, 0.4) is 0 Å². The number of ether oxygens (including phenoxy) is 2. The molecular formula is C17H18FNO2. The van der Waals surface area contributed by atoms with Gasteiger partial charge in [-0.3, -0.25) is 0 Å². The van der Waals surface area contributed by atoms with E-state index in [9.17, 15) is 4.39 Å². The lowest BCUT2D eigenvalue weighted by Gasteiger charge is -2.26. The first kappa shape index (κ1) is 13.9. The number of hydrogen-bond acceptors (Lipinski definition) is 3. The summed E-state index contributed by atoms with van der Waals surface area (Å²) in [5, 5.41) is 3.29. The van der Waals surface area contributed by atoms with E-state index in [0.717, 1.165) is 18.7 Å². The molecule has 1 N–H and O–H groups in total. The number of methoxy groups -OCH3 is 1. The Morgan fingerprint density at radius 1 is 1.29 bits per heavy atom. The smallest absolute Gasteiger partial charge is 0.165 e. The molecule has 0 saturated heterocycles. The van der Waals surface area contributed by atoms with Gasteiger partial charge in [-0.15, -0.1) is 0 Å². The Balaban J connectivity index is 1.71. The zero-order chi connectivity index (χ0) is 14.7. The number of rotatable bonds is 4. The highest BCUT2D eigenvalue weighted by atomic mass is 19.1. The van der Waals surface area contributed by atoms with Gasteiger partial charge in [0.1, 0.15) is 0 Å². The third kappa shape index (κ3) is 3.00. The quantitative estimate of drug-likeness (QED) is 0.932. The van der Waals surface area contributed by atoms with Crippen LogP contribution in [0, 0.1) is 5.82 Å². The standard InChI is InChI=1S/C17H18FNO2/c1-20-16-10-13(6-7-15(16)18)19-11-17-14-5-3-2-4-12(14)8-9-21-17/h2-7,10,17,19H,8-9,11H2,1H3. The van der Waals surface area contributed by atoms with Crippen molar-refractivity contribution in [3.8, 4) is 5.75 Å². The minimum atomic E-state index is -0.359. The maximum absolute atomic E-state index is 13.4. The number of hydrogen-bond donors (Lipinski definition) is 1. The van der Waals surface area contributed by atoms with E-state index < -0.39 is 0 Å². The molecule has 1 aliphatic heterocycles. The van der Waals surface area contributed by atoms with E-state index in [0.29, 0.717) is 6.54 Å². The van der Waals surface area contributed by atoms with Crippen molar-refractivity contribution < 1.29 is 13.9 Å². The highest BCUT2D eigenvalue weighted by molar-refractivity contribution is 5.49. The summed E-state index contributed by atoms with van der Waals surface area (Å²) >= 11 is 0. The van der Waals surface area contributed by atoms with Gasteiger partial charge in [-0.1, -0.05) is 24.3 Å². The van der Waals surface area contributed by atoms with Gasteiger partial charge >= 0.3 is 0 Å². The molecule has 0 amide bonds. The average Bonchev–Trinajstić information content (AvgIpc) is 2.54. The summed E-state index contributed by atoms with van der Waals surface area (Å²) in [6.45, 7) is 1.38. The Morgan fingerprint density at radius 2 is 2.14 bits per heavy atom. The summed E-state index contributed by atoms with van der Waals surface area (Å²) in [6.07, 6.45) is 0.975. The lowest BCUT2D eigenvalue weighted by molar-refractivity contribution is 0.0513. The Morgan fingerprint density at radius 3 is 3.00 bits per heavy atom. The molecule has 0 radical (unpaired) electrons. The van der Waals surface area contributed by atoms with E-state index in [2.05, 4.69) is 23.5 Å². The van der Waals surface area contributed by atoms with Gasteiger partial charge in [-0.25, -0.2) is 4.39 Å². The molecule has 0 bridgehead atoms. The molecule has 2 aromatic carbocycles. The SMILES string of the molecule is COc1cc(NCC2OCCc3ccccc32)ccc1F. The van der Waals surface area contributed by atoms with Crippen LogP contribution in [-0.2, 0) is 11.2 Å². The Hall–Kier alpha value is -2.07. The Bertz CT molecular complexity index is 630. The van der Waals surface area contributed by atoms with Gasteiger partial charge in [-0.05, 0) is 29.7 Å². The first-order valence-electron chi connectivity index (χ1n) is 7.05. The van der Waals surface area contributed by atoms with E-state index >= 15 is 0 Å². The van der Waals surface area contributed by atoms with Crippen LogP contribution < -0.4 is 10.1 Å². The molecule has 0 fully saturated rings. The lowest BCUT2D eigenvalue weighted by atomic mass is 9.97. The third-order valence-electron chi connectivity index (χ3n) is 3.74. The first-order chi connectivity index (χ1) is 10.3. The second-order valence-corrected chi connectivity index (χ2v) is 5.04. The summed E-state index contributed by atoms with van der Waals surface area (Å²) < 4.78 is 24.2. The van der Waals surface area contributed by atoms with E-state index in [1.165, 1.54) is 24.3 Å². The number of anilines is 1. The molecule has 1 heterocycles. The molecule has 0 aromatic heterocycles. The van der Waals surface area contributed by atoms with Crippen molar-refractivity contribution in [1.29, 1.82) is 0 Å². The van der Waals surface area contributed by atoms with E-state index in [1.54, 1.807) is 12.1 Å². The van der Waals surface area contributed by atoms with Gasteiger partial charge in [-0.2, -0.15) is 0 Å². The fourth-order valence-corrected chi connectivity index (χ4v) is 2.63. The number of fused-ring (bicyclic) bond motifs is 1. The molecule has 3 rings (SSSR count). The molecule has 0 spiro atoms. The van der Waals surface area contributed by atoms with Crippen LogP contribution in [0.2, 0.25) is 0 Å². The van der Waals surface area contributed by atoms with Crippen molar-refractivity contribution in [2.24, 2.45) is 0 Å². The molecule has 0 saturated carbocycles. The topological polar surface area (TPSA) is 30.5 Å². The fraction of sp³-hybridized carbons (Fsp3) is 0.294. The predicted molar refractivity (Wildman–Crippen MR) is 80.3 cm³/mol. The molecule has 4 heteroatoms. The van der Waals surface area contributed by atoms with Crippen molar-refractivity contribution in [3.63, 3.8) is 0 Å². The summed E-state index contributed by atoms with van der Waals surface area (Å²) in [6, 6.07) is 13.1. The molecule has 110 valence electrons. The van der Waals surface area contributed by atoms with E-state index in [-0.39, 0.29) is 17.7 Å². The zero-order valence-electron chi connectivity index (χ0n) is 11.9. The van der Waals surface area contributed by atoms with Crippen molar-refractivity contribution >= 4 is 5.69 Å². The number of nitrogens with one attached hydrogen (secondary N) is 1. The van der Waals surface area contributed by atoms with Crippen LogP contribution in [0.15, 0.2) is 42.5 Å². The summed E-state index contributed by atoms with van der Waals surface area (Å²) in [5.74, 6) is -0.118. The summed E-state index contributed by atoms with van der Waals surface area (Å²) in [5.41, 5.74) is 3.39. The average molecular weight is 287 g/mol. The van der Waals surface area contributed by atoms with Crippen LogP contribution in [0.5, 0.6) is 5.75 Å². The van der Waals surface area contributed by atoms with Gasteiger partial charge in [0.15, 0.2) is 11.6 Å². The molecule has 0 aliphatic carbocycles. The lowest BCUT2D eigenvalue weighted by Crippen LogP contribution is -2.22. The van der Waals surface area contributed by atoms with Gasteiger partial charge in [0.25, 0.3) is 0 Å². The maximum Gasteiger partial charge on any atom is 0.165 e. The van der Waals surface area contributed by atoms with Crippen molar-refractivity contribution in [1.82, 2.24) is 0 Å². The van der Waals surface area contributed by atoms with Gasteiger partial charge in [0.05, 0.1) is 19.8 Å². The maximum atomic E-state index is 13.4. The van der Waals surface area contributed by atoms with Crippen molar-refractivity contribution in [2.45, 2.75) is 12.5 Å². The largest absolute Gasteiger partial charge is 0.494 e. The highest BCUT2D eigenvalue weighted by Crippen LogP contribution is 2.28. The number of benzene rings is 2. The normalized spacial score (nSPS) is 17.1. The second-order valence-electron chi connectivity index (χ2n) is 5.04. The third-order valence-corrected chi connectivity index (χ3v) is 3.74. The van der Waals surface area contributed by atoms with Crippen LogP contribution in [0.4, 0.5) is 10.1 Å². The molecular weight excluding hydrogens is 269 g/mol. The minimum absolute atomic E-state index is 0.0194. The molecule has 1 aliphatic rings. The monoisotopic (exact) mass is 287 g/mol. The second kappa shape index (κ2) is 6.14. The highest BCUT2D eigenvalue weighted by Gasteiger charge is 2.20. The fourth-order valence-electron chi connectivity index (χ4n) is 2.63. The molecule has 1 atom stereocenters. The Kier molecular flexibility index (Phi) is 4.06. The Labute approximate surface area is 123 Å². The minimum Gasteiger partial charge on any atom is -0.494 e. The molecule has 21 heavy (non-hydrogen) atoms.